The van der Waals surface area contributed by atoms with Crippen molar-refractivity contribution in [2.75, 3.05) is 0 Å². The van der Waals surface area contributed by atoms with Gasteiger partial charge in [0.25, 0.3) is 0 Å². The molecule has 2 N–H and O–H groups in total. The Morgan fingerprint density at radius 1 is 1.11 bits per heavy atom. The Hall–Kier alpha value is -2.13. The Morgan fingerprint density at radius 2 is 1.89 bits per heavy atom. The minimum atomic E-state index is 0.458. The Kier molecular flexibility index (Phi) is 2.61. The molecule has 0 radical (unpaired) electrons. The standard InChI is InChI=1S/C15H15N3/c1-11-6-2-3-7-12(11)15-17-13(10-16)14-8-4-5-9-18(14)15/h2-9H,10,16H2,1H3. The molecule has 0 aliphatic rings. The molecule has 0 saturated heterocycles. The zero-order valence-corrected chi connectivity index (χ0v) is 10.3. The number of imidazole rings is 1. The number of hydrogen-bond acceptors (Lipinski definition) is 2. The van der Waals surface area contributed by atoms with Gasteiger partial charge in [-0.15, -0.1) is 0 Å². The lowest BCUT2D eigenvalue weighted by Gasteiger charge is -2.04. The molecule has 1 aromatic carbocycles. The molecule has 0 aliphatic carbocycles. The van der Waals surface area contributed by atoms with Crippen LogP contribution in [-0.4, -0.2) is 9.38 Å². The van der Waals surface area contributed by atoms with Gasteiger partial charge >= 0.3 is 0 Å². The molecule has 0 unspecified atom stereocenters. The fourth-order valence-electron chi connectivity index (χ4n) is 2.27. The molecule has 0 saturated carbocycles. The van der Waals surface area contributed by atoms with Crippen molar-refractivity contribution in [1.82, 2.24) is 9.38 Å². The summed E-state index contributed by atoms with van der Waals surface area (Å²) in [5, 5.41) is 0. The van der Waals surface area contributed by atoms with Gasteiger partial charge in [0.1, 0.15) is 5.82 Å². The fraction of sp³-hybridized carbons (Fsp3) is 0.133. The van der Waals surface area contributed by atoms with E-state index in [1.165, 1.54) is 5.56 Å². The van der Waals surface area contributed by atoms with E-state index in [0.29, 0.717) is 6.54 Å². The van der Waals surface area contributed by atoms with E-state index in [-0.39, 0.29) is 0 Å². The van der Waals surface area contributed by atoms with Gasteiger partial charge in [-0.05, 0) is 24.6 Å². The quantitative estimate of drug-likeness (QED) is 0.744. The van der Waals surface area contributed by atoms with E-state index in [1.807, 2.05) is 30.5 Å². The third kappa shape index (κ3) is 1.60. The Labute approximate surface area is 106 Å². The summed E-state index contributed by atoms with van der Waals surface area (Å²) in [7, 11) is 0. The van der Waals surface area contributed by atoms with Crippen LogP contribution in [0.2, 0.25) is 0 Å². The molecule has 2 aromatic heterocycles. The highest BCUT2D eigenvalue weighted by Gasteiger charge is 2.12. The summed E-state index contributed by atoms with van der Waals surface area (Å²) in [6, 6.07) is 14.3. The van der Waals surface area contributed by atoms with Crippen LogP contribution < -0.4 is 5.73 Å². The van der Waals surface area contributed by atoms with Crippen molar-refractivity contribution in [3.8, 4) is 11.4 Å². The van der Waals surface area contributed by atoms with Crippen LogP contribution in [0, 0.1) is 6.92 Å². The smallest absolute Gasteiger partial charge is 0.145 e. The number of hydrogen-bond donors (Lipinski definition) is 1. The molecule has 0 fully saturated rings. The molecule has 0 amide bonds. The summed E-state index contributed by atoms with van der Waals surface area (Å²) in [6.45, 7) is 2.56. The Balaban J connectivity index is 2.33. The summed E-state index contributed by atoms with van der Waals surface area (Å²) >= 11 is 0. The Bertz CT molecular complexity index is 698. The van der Waals surface area contributed by atoms with Crippen molar-refractivity contribution in [2.45, 2.75) is 13.5 Å². The van der Waals surface area contributed by atoms with Crippen molar-refractivity contribution in [3.05, 3.63) is 59.9 Å². The Morgan fingerprint density at radius 3 is 2.67 bits per heavy atom. The van der Waals surface area contributed by atoms with Gasteiger partial charge in [0, 0.05) is 18.3 Å². The van der Waals surface area contributed by atoms with Crippen LogP contribution in [0.3, 0.4) is 0 Å². The summed E-state index contributed by atoms with van der Waals surface area (Å²) in [4.78, 5) is 4.68. The molecule has 18 heavy (non-hydrogen) atoms. The third-order valence-electron chi connectivity index (χ3n) is 3.20. The molecule has 0 atom stereocenters. The first kappa shape index (κ1) is 11.0. The minimum absolute atomic E-state index is 0.458. The van der Waals surface area contributed by atoms with Crippen LogP contribution >= 0.6 is 0 Å². The molecule has 3 nitrogen and oxygen atoms in total. The molecule has 2 heterocycles. The molecule has 0 bridgehead atoms. The van der Waals surface area contributed by atoms with E-state index >= 15 is 0 Å². The van der Waals surface area contributed by atoms with Gasteiger partial charge in [0.2, 0.25) is 0 Å². The zero-order chi connectivity index (χ0) is 12.5. The van der Waals surface area contributed by atoms with E-state index < -0.39 is 0 Å². The first-order valence-corrected chi connectivity index (χ1v) is 6.03. The maximum Gasteiger partial charge on any atom is 0.145 e. The lowest BCUT2D eigenvalue weighted by molar-refractivity contribution is 1.02. The van der Waals surface area contributed by atoms with E-state index in [1.54, 1.807) is 0 Å². The SMILES string of the molecule is Cc1ccccc1-c1nc(CN)c2ccccn12. The molecule has 0 spiro atoms. The van der Waals surface area contributed by atoms with E-state index in [4.69, 9.17) is 5.73 Å². The summed E-state index contributed by atoms with van der Waals surface area (Å²) < 4.78 is 2.10. The largest absolute Gasteiger partial charge is 0.325 e. The average molecular weight is 237 g/mol. The average Bonchev–Trinajstić information content (AvgIpc) is 2.78. The minimum Gasteiger partial charge on any atom is -0.325 e. The monoisotopic (exact) mass is 237 g/mol. The molecular formula is C15H15N3. The number of fused-ring (bicyclic) bond motifs is 1. The van der Waals surface area contributed by atoms with Gasteiger partial charge in [0.15, 0.2) is 0 Å². The van der Waals surface area contributed by atoms with E-state index in [2.05, 4.69) is 34.5 Å². The maximum atomic E-state index is 5.77. The highest BCUT2D eigenvalue weighted by Crippen LogP contribution is 2.25. The van der Waals surface area contributed by atoms with Gasteiger partial charge in [-0.2, -0.15) is 0 Å². The van der Waals surface area contributed by atoms with Crippen molar-refractivity contribution in [3.63, 3.8) is 0 Å². The topological polar surface area (TPSA) is 43.3 Å². The lowest BCUT2D eigenvalue weighted by atomic mass is 10.1. The maximum absolute atomic E-state index is 5.77. The molecular weight excluding hydrogens is 222 g/mol. The second kappa shape index (κ2) is 4.27. The molecule has 3 aromatic rings. The van der Waals surface area contributed by atoms with Crippen LogP contribution in [0.25, 0.3) is 16.9 Å². The van der Waals surface area contributed by atoms with Gasteiger partial charge in [0.05, 0.1) is 11.2 Å². The van der Waals surface area contributed by atoms with Gasteiger partial charge in [-0.25, -0.2) is 4.98 Å². The number of aryl methyl sites for hydroxylation is 1. The lowest BCUT2D eigenvalue weighted by Crippen LogP contribution is -1.96. The van der Waals surface area contributed by atoms with Gasteiger partial charge < -0.3 is 5.73 Å². The first-order valence-electron chi connectivity index (χ1n) is 6.03. The first-order chi connectivity index (χ1) is 8.81. The van der Waals surface area contributed by atoms with E-state index in [9.17, 15) is 0 Å². The fourth-order valence-corrected chi connectivity index (χ4v) is 2.27. The summed E-state index contributed by atoms with van der Waals surface area (Å²) in [5.74, 6) is 0.962. The molecule has 3 rings (SSSR count). The van der Waals surface area contributed by atoms with Crippen molar-refractivity contribution in [1.29, 1.82) is 0 Å². The molecule has 90 valence electrons. The van der Waals surface area contributed by atoms with Crippen LogP contribution in [0.1, 0.15) is 11.3 Å². The summed E-state index contributed by atoms with van der Waals surface area (Å²) in [5.41, 5.74) is 10.2. The number of nitrogens with zero attached hydrogens (tertiary/aromatic N) is 2. The van der Waals surface area contributed by atoms with Crippen LogP contribution in [0.5, 0.6) is 0 Å². The number of pyridine rings is 1. The predicted octanol–water partition coefficient (Wildman–Crippen LogP) is 2.77. The van der Waals surface area contributed by atoms with Gasteiger partial charge in [-0.1, -0.05) is 30.3 Å². The zero-order valence-electron chi connectivity index (χ0n) is 10.3. The highest BCUT2D eigenvalue weighted by atomic mass is 15.0. The van der Waals surface area contributed by atoms with Gasteiger partial charge in [-0.3, -0.25) is 4.40 Å². The second-order valence-corrected chi connectivity index (χ2v) is 4.36. The van der Waals surface area contributed by atoms with Crippen molar-refractivity contribution >= 4 is 5.52 Å². The van der Waals surface area contributed by atoms with E-state index in [0.717, 1.165) is 22.6 Å². The summed E-state index contributed by atoms with van der Waals surface area (Å²) in [6.07, 6.45) is 2.03. The number of aromatic nitrogens is 2. The number of benzene rings is 1. The second-order valence-electron chi connectivity index (χ2n) is 4.36. The third-order valence-corrected chi connectivity index (χ3v) is 3.20. The number of rotatable bonds is 2. The van der Waals surface area contributed by atoms with Crippen LogP contribution in [0.4, 0.5) is 0 Å². The molecule has 3 heteroatoms. The normalized spacial score (nSPS) is 11.0. The van der Waals surface area contributed by atoms with Crippen LogP contribution in [-0.2, 0) is 6.54 Å². The highest BCUT2D eigenvalue weighted by molar-refractivity contribution is 5.67. The predicted molar refractivity (Wildman–Crippen MR) is 73.3 cm³/mol. The molecule has 0 aliphatic heterocycles. The number of nitrogens with two attached hydrogens (primary N) is 1. The van der Waals surface area contributed by atoms with Crippen molar-refractivity contribution < 1.29 is 0 Å². The van der Waals surface area contributed by atoms with Crippen molar-refractivity contribution in [2.24, 2.45) is 5.73 Å². The van der Waals surface area contributed by atoms with Crippen LogP contribution in [0.15, 0.2) is 48.7 Å².